The first kappa shape index (κ1) is 21.1. The van der Waals surface area contributed by atoms with Gasteiger partial charge in [0.1, 0.15) is 5.75 Å². The molecule has 2 aromatic carbocycles. The second-order valence-corrected chi connectivity index (χ2v) is 10.1. The number of nitrogens with zero attached hydrogens (tertiary/aromatic N) is 2. The Kier molecular flexibility index (Phi) is 5.58. The van der Waals surface area contributed by atoms with Crippen molar-refractivity contribution < 1.29 is 17.9 Å². The predicted molar refractivity (Wildman–Crippen MR) is 120 cm³/mol. The van der Waals surface area contributed by atoms with Gasteiger partial charge in [-0.3, -0.25) is 9.48 Å². The minimum Gasteiger partial charge on any atom is -0.497 e. The van der Waals surface area contributed by atoms with Gasteiger partial charge in [-0.15, -0.1) is 0 Å². The number of aryl methyl sites for hydroxylation is 2. The van der Waals surface area contributed by atoms with E-state index in [2.05, 4.69) is 10.4 Å². The Morgan fingerprint density at radius 2 is 1.94 bits per heavy atom. The fraction of sp³-hybridized carbons (Fsp3) is 0.304. The number of aromatic nitrogens is 2. The van der Waals surface area contributed by atoms with Crippen LogP contribution in [0.3, 0.4) is 0 Å². The molecule has 1 N–H and O–H groups in total. The second kappa shape index (κ2) is 8.19. The van der Waals surface area contributed by atoms with E-state index in [1.54, 1.807) is 42.1 Å². The molecule has 1 aliphatic heterocycles. The van der Waals surface area contributed by atoms with Crippen LogP contribution in [0.4, 0.5) is 5.69 Å². The van der Waals surface area contributed by atoms with Gasteiger partial charge in [-0.1, -0.05) is 18.2 Å². The average molecular weight is 440 g/mol. The fourth-order valence-corrected chi connectivity index (χ4v) is 5.46. The highest BCUT2D eigenvalue weighted by Gasteiger charge is 2.32. The van der Waals surface area contributed by atoms with Crippen molar-refractivity contribution in [3.05, 3.63) is 65.4 Å². The molecule has 31 heavy (non-hydrogen) atoms. The highest BCUT2D eigenvalue weighted by atomic mass is 32.2. The van der Waals surface area contributed by atoms with Crippen molar-refractivity contribution in [1.82, 2.24) is 9.78 Å². The van der Waals surface area contributed by atoms with E-state index < -0.39 is 9.84 Å². The summed E-state index contributed by atoms with van der Waals surface area (Å²) in [5.74, 6) is 0.437. The van der Waals surface area contributed by atoms with Crippen LogP contribution in [0.15, 0.2) is 48.5 Å². The van der Waals surface area contributed by atoms with Gasteiger partial charge in [-0.25, -0.2) is 8.42 Å². The number of methoxy groups -OCH3 is 1. The van der Waals surface area contributed by atoms with Gasteiger partial charge >= 0.3 is 0 Å². The molecule has 0 bridgehead atoms. The Morgan fingerprint density at radius 3 is 2.61 bits per heavy atom. The lowest BCUT2D eigenvalue weighted by Gasteiger charge is -2.14. The predicted octanol–water partition coefficient (Wildman–Crippen LogP) is 3.79. The molecule has 2 heterocycles. The van der Waals surface area contributed by atoms with E-state index in [-0.39, 0.29) is 29.1 Å². The lowest BCUT2D eigenvalue weighted by atomic mass is 10.0. The summed E-state index contributed by atoms with van der Waals surface area (Å²) >= 11 is 0. The van der Waals surface area contributed by atoms with Gasteiger partial charge < -0.3 is 10.1 Å². The molecule has 1 aromatic heterocycles. The van der Waals surface area contributed by atoms with Crippen LogP contribution in [-0.4, -0.2) is 42.7 Å². The van der Waals surface area contributed by atoms with Crippen molar-refractivity contribution in [2.45, 2.75) is 26.3 Å². The molecule has 4 rings (SSSR count). The first-order valence-corrected chi connectivity index (χ1v) is 11.9. The van der Waals surface area contributed by atoms with Crippen molar-refractivity contribution in [3.63, 3.8) is 0 Å². The molecule has 0 saturated carbocycles. The van der Waals surface area contributed by atoms with Gasteiger partial charge in [0, 0.05) is 17.3 Å². The van der Waals surface area contributed by atoms with Crippen LogP contribution < -0.4 is 10.1 Å². The number of benzene rings is 2. The first-order chi connectivity index (χ1) is 14.8. The molecular formula is C23H25N3O4S. The van der Waals surface area contributed by atoms with Crippen LogP contribution in [-0.2, 0) is 9.84 Å². The summed E-state index contributed by atoms with van der Waals surface area (Å²) in [5.41, 5.74) is 4.75. The third-order valence-electron chi connectivity index (χ3n) is 5.65. The van der Waals surface area contributed by atoms with Crippen LogP contribution in [0, 0.1) is 13.8 Å². The van der Waals surface area contributed by atoms with Crippen molar-refractivity contribution in [2.75, 3.05) is 23.9 Å². The number of ether oxygens (including phenoxy) is 1. The number of nitrogens with one attached hydrogen (secondary N) is 1. The summed E-state index contributed by atoms with van der Waals surface area (Å²) in [5, 5.41) is 7.37. The average Bonchev–Trinajstić information content (AvgIpc) is 3.33. The van der Waals surface area contributed by atoms with Gasteiger partial charge in [0.25, 0.3) is 5.91 Å². The van der Waals surface area contributed by atoms with Gasteiger partial charge in [0.2, 0.25) is 0 Å². The Hall–Kier alpha value is -3.13. The van der Waals surface area contributed by atoms with Crippen LogP contribution in [0.25, 0.3) is 11.3 Å². The molecule has 1 fully saturated rings. The molecule has 0 unspecified atom stereocenters. The number of carbonyl (C=O) groups excluding carboxylic acids is 1. The molecule has 7 nitrogen and oxygen atoms in total. The highest BCUT2D eigenvalue weighted by Crippen LogP contribution is 2.31. The molecule has 1 aliphatic rings. The number of hydrogen-bond donors (Lipinski definition) is 1. The van der Waals surface area contributed by atoms with Gasteiger partial charge in [-0.05, 0) is 55.7 Å². The molecule has 1 saturated heterocycles. The summed E-state index contributed by atoms with van der Waals surface area (Å²) in [6.07, 6.45) is 0.485. The monoisotopic (exact) mass is 439 g/mol. The lowest BCUT2D eigenvalue weighted by molar-refractivity contribution is 0.102. The Labute approximate surface area is 182 Å². The molecule has 8 heteroatoms. The zero-order valence-electron chi connectivity index (χ0n) is 17.8. The number of hydrogen-bond acceptors (Lipinski definition) is 5. The summed E-state index contributed by atoms with van der Waals surface area (Å²) < 4.78 is 31.0. The third kappa shape index (κ3) is 4.49. The topological polar surface area (TPSA) is 90.3 Å². The van der Waals surface area contributed by atoms with E-state index in [4.69, 9.17) is 4.74 Å². The molecule has 3 aromatic rings. The molecule has 0 radical (unpaired) electrons. The highest BCUT2D eigenvalue weighted by molar-refractivity contribution is 7.91. The van der Waals surface area contributed by atoms with E-state index in [1.165, 1.54) is 0 Å². The molecular weight excluding hydrogens is 414 g/mol. The number of amides is 1. The SMILES string of the molecule is COc1cccc(NC(=O)c2cc(-c3ccc(C)c(C)c3)n([C@@H]3CCS(=O)(=O)C3)n2)c1. The van der Waals surface area contributed by atoms with E-state index in [0.29, 0.717) is 17.9 Å². The number of sulfone groups is 1. The van der Waals surface area contributed by atoms with Crippen molar-refractivity contribution >= 4 is 21.4 Å². The molecule has 1 amide bonds. The van der Waals surface area contributed by atoms with Crippen LogP contribution in [0.2, 0.25) is 0 Å². The zero-order valence-corrected chi connectivity index (χ0v) is 18.6. The quantitative estimate of drug-likeness (QED) is 0.653. The summed E-state index contributed by atoms with van der Waals surface area (Å²) in [7, 11) is -1.54. The number of anilines is 1. The van der Waals surface area contributed by atoms with E-state index in [1.807, 2.05) is 32.0 Å². The van der Waals surface area contributed by atoms with Crippen molar-refractivity contribution in [3.8, 4) is 17.0 Å². The maximum absolute atomic E-state index is 12.9. The summed E-state index contributed by atoms with van der Waals surface area (Å²) in [6, 6.07) is 14.5. The summed E-state index contributed by atoms with van der Waals surface area (Å²) in [6.45, 7) is 4.06. The van der Waals surface area contributed by atoms with E-state index in [0.717, 1.165) is 22.4 Å². The maximum atomic E-state index is 12.9. The minimum absolute atomic E-state index is 0.0312. The number of carbonyl (C=O) groups is 1. The summed E-state index contributed by atoms with van der Waals surface area (Å²) in [4.78, 5) is 12.9. The van der Waals surface area contributed by atoms with E-state index in [9.17, 15) is 13.2 Å². The van der Waals surface area contributed by atoms with Gasteiger partial charge in [0.05, 0.1) is 30.4 Å². The zero-order chi connectivity index (χ0) is 22.2. The van der Waals surface area contributed by atoms with Crippen LogP contribution in [0.1, 0.15) is 34.1 Å². The van der Waals surface area contributed by atoms with Crippen molar-refractivity contribution in [1.29, 1.82) is 0 Å². The Morgan fingerprint density at radius 1 is 1.13 bits per heavy atom. The Bertz CT molecular complexity index is 1250. The van der Waals surface area contributed by atoms with Crippen LogP contribution >= 0.6 is 0 Å². The third-order valence-corrected chi connectivity index (χ3v) is 7.40. The minimum atomic E-state index is -3.10. The molecule has 0 spiro atoms. The van der Waals surface area contributed by atoms with Gasteiger partial charge in [-0.2, -0.15) is 5.10 Å². The first-order valence-electron chi connectivity index (χ1n) is 10.1. The lowest BCUT2D eigenvalue weighted by Crippen LogP contribution is -2.16. The maximum Gasteiger partial charge on any atom is 0.276 e. The Balaban J connectivity index is 1.71. The van der Waals surface area contributed by atoms with Crippen LogP contribution in [0.5, 0.6) is 5.75 Å². The molecule has 162 valence electrons. The number of rotatable bonds is 5. The molecule has 1 atom stereocenters. The van der Waals surface area contributed by atoms with Gasteiger partial charge in [0.15, 0.2) is 15.5 Å². The largest absolute Gasteiger partial charge is 0.497 e. The second-order valence-electron chi connectivity index (χ2n) is 7.90. The van der Waals surface area contributed by atoms with E-state index >= 15 is 0 Å². The van der Waals surface area contributed by atoms with Crippen molar-refractivity contribution in [2.24, 2.45) is 0 Å². The standard InChI is InChI=1S/C23H25N3O4S/c1-15-7-8-17(11-16(15)2)22-13-21(25-26(22)19-9-10-31(28,29)14-19)23(27)24-18-5-4-6-20(12-18)30-3/h4-8,11-13,19H,9-10,14H2,1-3H3,(H,24,27)/t19-/m1/s1. The fourth-order valence-electron chi connectivity index (χ4n) is 3.76. The smallest absolute Gasteiger partial charge is 0.276 e. The molecule has 0 aliphatic carbocycles. The normalized spacial score (nSPS) is 17.5.